The summed E-state index contributed by atoms with van der Waals surface area (Å²) < 4.78 is 5.02. The molecule has 0 radical (unpaired) electrons. The molecule has 2 nitrogen and oxygen atoms in total. The van der Waals surface area contributed by atoms with Crippen LogP contribution >= 0.6 is 0 Å². The normalized spacial score (nSPS) is 13.0. The van der Waals surface area contributed by atoms with E-state index >= 15 is 0 Å². The molecule has 0 aromatic rings. The van der Waals surface area contributed by atoms with Crippen molar-refractivity contribution in [1.82, 2.24) is 0 Å². The Morgan fingerprint density at radius 1 is 1.33 bits per heavy atom. The number of carbonyl (C=O) groups excluding carboxylic acids is 1. The van der Waals surface area contributed by atoms with Crippen LogP contribution in [0.4, 0.5) is 0 Å². The van der Waals surface area contributed by atoms with Crippen molar-refractivity contribution in [2.24, 2.45) is 5.92 Å². The quantitative estimate of drug-likeness (QED) is 0.348. The van der Waals surface area contributed by atoms with E-state index in [1.165, 1.54) is 6.42 Å². The Morgan fingerprint density at radius 3 is 2.60 bits per heavy atom. The van der Waals surface area contributed by atoms with Crippen LogP contribution < -0.4 is 0 Å². The second-order valence-corrected chi connectivity index (χ2v) is 3.71. The fourth-order valence-corrected chi connectivity index (χ4v) is 1.57. The van der Waals surface area contributed by atoms with E-state index in [0.29, 0.717) is 6.61 Å². The zero-order valence-electron chi connectivity index (χ0n) is 10.3. The van der Waals surface area contributed by atoms with E-state index in [1.54, 1.807) is 0 Å². The number of hydrogen-bond acceptors (Lipinski definition) is 2. The van der Waals surface area contributed by atoms with Crippen molar-refractivity contribution in [1.29, 1.82) is 0 Å². The van der Waals surface area contributed by atoms with Gasteiger partial charge in [-0.3, -0.25) is 4.79 Å². The molecule has 0 aromatic heterocycles. The zero-order chi connectivity index (χ0) is 11.5. The van der Waals surface area contributed by atoms with Crippen LogP contribution in [0.3, 0.4) is 0 Å². The smallest absolute Gasteiger partial charge is 0.308 e. The topological polar surface area (TPSA) is 26.3 Å². The maximum absolute atomic E-state index is 11.5. The molecule has 0 N–H and O–H groups in total. The molecule has 0 rings (SSSR count). The average molecular weight is 212 g/mol. The van der Waals surface area contributed by atoms with Crippen LogP contribution in [-0.2, 0) is 9.53 Å². The highest BCUT2D eigenvalue weighted by atomic mass is 16.5. The summed E-state index contributed by atoms with van der Waals surface area (Å²) in [5.41, 5.74) is 0. The van der Waals surface area contributed by atoms with E-state index in [-0.39, 0.29) is 11.9 Å². The van der Waals surface area contributed by atoms with Crippen LogP contribution in [-0.4, -0.2) is 12.6 Å². The first-order chi connectivity index (χ1) is 7.26. The van der Waals surface area contributed by atoms with Crippen LogP contribution in [0.1, 0.15) is 52.9 Å². The van der Waals surface area contributed by atoms with Gasteiger partial charge in [-0.2, -0.15) is 0 Å². The van der Waals surface area contributed by atoms with E-state index in [2.05, 4.69) is 12.2 Å². The number of rotatable bonds is 8. The minimum atomic E-state index is -0.0222. The molecule has 2 heteroatoms. The third-order valence-electron chi connectivity index (χ3n) is 2.52. The Bertz CT molecular complexity index is 185. The molecule has 0 aliphatic rings. The Hall–Kier alpha value is -0.790. The van der Waals surface area contributed by atoms with Gasteiger partial charge >= 0.3 is 5.97 Å². The van der Waals surface area contributed by atoms with Crippen molar-refractivity contribution in [2.75, 3.05) is 6.61 Å². The predicted octanol–water partition coefficient (Wildman–Crippen LogP) is 3.71. The van der Waals surface area contributed by atoms with Crippen LogP contribution in [0, 0.1) is 5.92 Å². The second kappa shape index (κ2) is 9.75. The molecule has 0 bridgehead atoms. The first-order valence-electron chi connectivity index (χ1n) is 6.04. The van der Waals surface area contributed by atoms with Gasteiger partial charge in [0.25, 0.3) is 0 Å². The van der Waals surface area contributed by atoms with Crippen molar-refractivity contribution in [3.05, 3.63) is 12.2 Å². The van der Waals surface area contributed by atoms with Gasteiger partial charge in [0.1, 0.15) is 0 Å². The summed E-state index contributed by atoms with van der Waals surface area (Å²) in [7, 11) is 0. The molecule has 0 aliphatic carbocycles. The largest absolute Gasteiger partial charge is 0.466 e. The van der Waals surface area contributed by atoms with Gasteiger partial charge in [0, 0.05) is 0 Å². The van der Waals surface area contributed by atoms with Gasteiger partial charge in [0.2, 0.25) is 0 Å². The van der Waals surface area contributed by atoms with Crippen LogP contribution in [0.2, 0.25) is 0 Å². The molecule has 1 unspecified atom stereocenters. The molecule has 0 saturated carbocycles. The fourth-order valence-electron chi connectivity index (χ4n) is 1.57. The van der Waals surface area contributed by atoms with Gasteiger partial charge < -0.3 is 4.74 Å². The molecule has 0 saturated heterocycles. The summed E-state index contributed by atoms with van der Waals surface area (Å²) in [6.07, 6.45) is 9.50. The lowest BCUT2D eigenvalue weighted by molar-refractivity contribution is -0.148. The highest BCUT2D eigenvalue weighted by Crippen LogP contribution is 2.15. The van der Waals surface area contributed by atoms with Gasteiger partial charge in [-0.1, -0.05) is 25.5 Å². The third-order valence-corrected chi connectivity index (χ3v) is 2.52. The van der Waals surface area contributed by atoms with Crippen molar-refractivity contribution < 1.29 is 9.53 Å². The Balaban J connectivity index is 3.65. The monoisotopic (exact) mass is 212 g/mol. The van der Waals surface area contributed by atoms with Gasteiger partial charge in [0.05, 0.1) is 12.5 Å². The van der Waals surface area contributed by atoms with Crippen molar-refractivity contribution >= 4 is 5.97 Å². The Labute approximate surface area is 93.7 Å². The number of hydrogen-bond donors (Lipinski definition) is 0. The number of esters is 1. The molecule has 1 atom stereocenters. The number of unbranched alkanes of at least 4 members (excludes halogenated alkanes) is 2. The molecule has 0 fully saturated rings. The standard InChI is InChI=1S/C13H24O2/c1-4-7-8-9-10-11-12(5-2)13(14)15-6-3/h4,7,12H,5-6,8-11H2,1-3H3. The second-order valence-electron chi connectivity index (χ2n) is 3.71. The highest BCUT2D eigenvalue weighted by Gasteiger charge is 2.16. The molecule has 0 aliphatic heterocycles. The molecule has 0 heterocycles. The highest BCUT2D eigenvalue weighted by molar-refractivity contribution is 5.72. The van der Waals surface area contributed by atoms with Gasteiger partial charge in [-0.25, -0.2) is 0 Å². The van der Waals surface area contributed by atoms with E-state index in [0.717, 1.165) is 25.7 Å². The van der Waals surface area contributed by atoms with E-state index < -0.39 is 0 Å². The third kappa shape index (κ3) is 7.18. The number of allylic oxidation sites excluding steroid dienone is 2. The SMILES string of the molecule is CC=CCCCCC(CC)C(=O)OCC. The maximum atomic E-state index is 11.5. The fraction of sp³-hybridized carbons (Fsp3) is 0.769. The molecular formula is C13H24O2. The molecule has 15 heavy (non-hydrogen) atoms. The molecular weight excluding hydrogens is 188 g/mol. The van der Waals surface area contributed by atoms with Crippen molar-refractivity contribution in [3.63, 3.8) is 0 Å². The Kier molecular flexibility index (Phi) is 9.24. The van der Waals surface area contributed by atoms with Crippen LogP contribution in [0.5, 0.6) is 0 Å². The summed E-state index contributed by atoms with van der Waals surface area (Å²) in [4.78, 5) is 11.5. The number of carbonyl (C=O) groups is 1. The summed E-state index contributed by atoms with van der Waals surface area (Å²) in [6.45, 7) is 6.44. The van der Waals surface area contributed by atoms with Crippen LogP contribution in [0.15, 0.2) is 12.2 Å². The summed E-state index contributed by atoms with van der Waals surface area (Å²) in [5, 5.41) is 0. The Morgan fingerprint density at radius 2 is 2.07 bits per heavy atom. The lowest BCUT2D eigenvalue weighted by Gasteiger charge is -2.12. The minimum Gasteiger partial charge on any atom is -0.466 e. The molecule has 0 aromatic carbocycles. The van der Waals surface area contributed by atoms with E-state index in [1.807, 2.05) is 20.8 Å². The van der Waals surface area contributed by atoms with Gasteiger partial charge in [-0.15, -0.1) is 0 Å². The van der Waals surface area contributed by atoms with E-state index in [9.17, 15) is 4.79 Å². The molecule has 0 spiro atoms. The summed E-state index contributed by atoms with van der Waals surface area (Å²) >= 11 is 0. The van der Waals surface area contributed by atoms with Crippen molar-refractivity contribution in [3.8, 4) is 0 Å². The first kappa shape index (κ1) is 14.2. The maximum Gasteiger partial charge on any atom is 0.308 e. The average Bonchev–Trinajstić information content (AvgIpc) is 2.23. The van der Waals surface area contributed by atoms with Crippen molar-refractivity contribution in [2.45, 2.75) is 52.9 Å². The van der Waals surface area contributed by atoms with Gasteiger partial charge in [0.15, 0.2) is 0 Å². The lowest BCUT2D eigenvalue weighted by atomic mass is 9.99. The molecule has 0 amide bonds. The first-order valence-corrected chi connectivity index (χ1v) is 6.04. The summed E-state index contributed by atoms with van der Waals surface area (Å²) in [5.74, 6) is 0.0848. The summed E-state index contributed by atoms with van der Waals surface area (Å²) in [6, 6.07) is 0. The molecule has 88 valence electrons. The zero-order valence-corrected chi connectivity index (χ0v) is 10.3. The van der Waals surface area contributed by atoms with E-state index in [4.69, 9.17) is 4.74 Å². The number of ether oxygens (including phenoxy) is 1. The van der Waals surface area contributed by atoms with Gasteiger partial charge in [-0.05, 0) is 39.5 Å². The lowest BCUT2D eigenvalue weighted by Crippen LogP contribution is -2.16. The van der Waals surface area contributed by atoms with Crippen LogP contribution in [0.25, 0.3) is 0 Å². The predicted molar refractivity (Wildman–Crippen MR) is 63.7 cm³/mol. The minimum absolute atomic E-state index is 0.0222.